The molecule has 1 heterocycles. The van der Waals surface area contributed by atoms with Crippen LogP contribution in [0.3, 0.4) is 0 Å². The van der Waals surface area contributed by atoms with Gasteiger partial charge in [0.2, 0.25) is 17.8 Å². The highest BCUT2D eigenvalue weighted by Gasteiger charge is 2.20. The second kappa shape index (κ2) is 7.12. The Kier molecular flexibility index (Phi) is 4.74. The van der Waals surface area contributed by atoms with Crippen LogP contribution in [0.25, 0.3) is 0 Å². The number of hydrogen-bond donors (Lipinski definition) is 2. The van der Waals surface area contributed by atoms with E-state index in [1.165, 1.54) is 6.07 Å². The minimum absolute atomic E-state index is 0.0606. The third-order valence-corrected chi connectivity index (χ3v) is 3.51. The lowest BCUT2D eigenvalue weighted by atomic mass is 10.2. The Morgan fingerprint density at radius 3 is 2.32 bits per heavy atom. The first kappa shape index (κ1) is 16.6. The molecular formula is C18H19FN6. The van der Waals surface area contributed by atoms with E-state index in [-0.39, 0.29) is 23.8 Å². The third kappa shape index (κ3) is 3.82. The summed E-state index contributed by atoms with van der Waals surface area (Å²) in [5.41, 5.74) is 7.05. The zero-order valence-corrected chi connectivity index (χ0v) is 14.0. The molecule has 1 aromatic heterocycles. The summed E-state index contributed by atoms with van der Waals surface area (Å²) in [6.45, 7) is 3.85. The summed E-state index contributed by atoms with van der Waals surface area (Å²) in [4.78, 5) is 14.4. The zero-order chi connectivity index (χ0) is 17.8. The van der Waals surface area contributed by atoms with Gasteiger partial charge in [0.05, 0.1) is 5.69 Å². The lowest BCUT2D eigenvalue weighted by Gasteiger charge is -2.27. The first-order valence-electron chi connectivity index (χ1n) is 7.92. The molecule has 128 valence electrons. The minimum Gasteiger partial charge on any atom is -0.368 e. The molecule has 3 aromatic rings. The Morgan fingerprint density at radius 1 is 0.960 bits per heavy atom. The third-order valence-electron chi connectivity index (χ3n) is 3.51. The Bertz CT molecular complexity index is 853. The molecule has 0 bridgehead atoms. The summed E-state index contributed by atoms with van der Waals surface area (Å²) in [5.74, 6) is 0.292. The zero-order valence-electron chi connectivity index (χ0n) is 14.0. The van der Waals surface area contributed by atoms with Crippen LogP contribution in [0.5, 0.6) is 0 Å². The minimum atomic E-state index is -0.354. The van der Waals surface area contributed by atoms with Crippen LogP contribution in [-0.4, -0.2) is 21.0 Å². The van der Waals surface area contributed by atoms with Crippen molar-refractivity contribution in [3.05, 3.63) is 60.4 Å². The van der Waals surface area contributed by atoms with Crippen LogP contribution in [0.15, 0.2) is 54.6 Å². The summed E-state index contributed by atoms with van der Waals surface area (Å²) >= 11 is 0. The summed E-state index contributed by atoms with van der Waals surface area (Å²) in [7, 11) is 0. The Labute approximate surface area is 145 Å². The smallest absolute Gasteiger partial charge is 0.236 e. The Morgan fingerprint density at radius 2 is 1.64 bits per heavy atom. The molecule has 0 fully saturated rings. The van der Waals surface area contributed by atoms with Gasteiger partial charge in [-0.3, -0.25) is 0 Å². The van der Waals surface area contributed by atoms with Crippen molar-refractivity contribution in [3.8, 4) is 0 Å². The van der Waals surface area contributed by atoms with Crippen LogP contribution >= 0.6 is 0 Å². The first-order chi connectivity index (χ1) is 12.0. The monoisotopic (exact) mass is 338 g/mol. The predicted molar refractivity (Wildman–Crippen MR) is 97.6 cm³/mol. The van der Waals surface area contributed by atoms with Gasteiger partial charge in [-0.2, -0.15) is 15.0 Å². The molecule has 0 aliphatic carbocycles. The summed E-state index contributed by atoms with van der Waals surface area (Å²) < 4.78 is 14.3. The standard InChI is InChI=1S/C18H19FN6/c1-12(2)25(15-11-7-6-10-14(15)19)18-23-16(20)22-17(24-18)21-13-8-4-3-5-9-13/h3-12H,1-2H3,(H3,20,21,22,23,24). The van der Waals surface area contributed by atoms with E-state index in [4.69, 9.17) is 5.73 Å². The normalized spacial score (nSPS) is 10.7. The highest BCUT2D eigenvalue weighted by molar-refractivity contribution is 5.62. The SMILES string of the molecule is CC(C)N(c1nc(N)nc(Nc2ccccc2)n1)c1ccccc1F. The van der Waals surface area contributed by atoms with Gasteiger partial charge in [-0.25, -0.2) is 4.39 Å². The number of nitrogens with one attached hydrogen (secondary N) is 1. The molecule has 6 nitrogen and oxygen atoms in total. The van der Waals surface area contributed by atoms with Gasteiger partial charge < -0.3 is 16.0 Å². The molecule has 3 N–H and O–H groups in total. The number of nitrogens with zero attached hydrogens (tertiary/aromatic N) is 4. The average molecular weight is 338 g/mol. The summed E-state index contributed by atoms with van der Waals surface area (Å²) in [5, 5.41) is 3.08. The van der Waals surface area contributed by atoms with Crippen LogP contribution in [0.2, 0.25) is 0 Å². The van der Waals surface area contributed by atoms with Crippen LogP contribution in [-0.2, 0) is 0 Å². The van der Waals surface area contributed by atoms with Crippen molar-refractivity contribution in [2.75, 3.05) is 16.0 Å². The van der Waals surface area contributed by atoms with Crippen LogP contribution < -0.4 is 16.0 Å². The fourth-order valence-electron chi connectivity index (χ4n) is 2.46. The van der Waals surface area contributed by atoms with Gasteiger partial charge in [0.15, 0.2) is 0 Å². The van der Waals surface area contributed by atoms with E-state index in [0.717, 1.165) is 5.69 Å². The molecule has 0 saturated heterocycles. The number of aromatic nitrogens is 3. The molecule has 0 unspecified atom stereocenters. The van der Waals surface area contributed by atoms with Crippen LogP contribution in [0.1, 0.15) is 13.8 Å². The molecule has 0 saturated carbocycles. The van der Waals surface area contributed by atoms with Gasteiger partial charge in [-0.15, -0.1) is 0 Å². The molecular weight excluding hydrogens is 319 g/mol. The number of benzene rings is 2. The van der Waals surface area contributed by atoms with Gasteiger partial charge in [0, 0.05) is 11.7 Å². The van der Waals surface area contributed by atoms with Crippen molar-refractivity contribution in [2.24, 2.45) is 0 Å². The Hall–Kier alpha value is -3.22. The van der Waals surface area contributed by atoms with Gasteiger partial charge >= 0.3 is 0 Å². The average Bonchev–Trinajstić information content (AvgIpc) is 2.57. The molecule has 2 aromatic carbocycles. The summed E-state index contributed by atoms with van der Waals surface area (Å²) in [6, 6.07) is 15.9. The van der Waals surface area contributed by atoms with E-state index in [1.54, 1.807) is 23.1 Å². The lowest BCUT2D eigenvalue weighted by molar-refractivity contribution is 0.616. The first-order valence-corrected chi connectivity index (χ1v) is 7.92. The topological polar surface area (TPSA) is 80.0 Å². The molecule has 0 amide bonds. The second-order valence-corrected chi connectivity index (χ2v) is 5.72. The fraction of sp³-hybridized carbons (Fsp3) is 0.167. The van der Waals surface area contributed by atoms with Gasteiger partial charge in [0.1, 0.15) is 5.82 Å². The molecule has 25 heavy (non-hydrogen) atoms. The number of para-hydroxylation sites is 2. The van der Waals surface area contributed by atoms with Gasteiger partial charge in [0.25, 0.3) is 0 Å². The number of anilines is 5. The van der Waals surface area contributed by atoms with Crippen molar-refractivity contribution in [3.63, 3.8) is 0 Å². The highest BCUT2D eigenvalue weighted by Crippen LogP contribution is 2.28. The number of nitrogens with two attached hydrogens (primary N) is 1. The van der Waals surface area contributed by atoms with Crippen molar-refractivity contribution >= 4 is 29.2 Å². The van der Waals surface area contributed by atoms with Crippen molar-refractivity contribution in [1.82, 2.24) is 15.0 Å². The molecule has 0 aliphatic rings. The molecule has 0 aliphatic heterocycles. The number of hydrogen-bond acceptors (Lipinski definition) is 6. The molecule has 3 rings (SSSR count). The second-order valence-electron chi connectivity index (χ2n) is 5.72. The maximum Gasteiger partial charge on any atom is 0.236 e. The number of nitrogen functional groups attached to an aromatic ring is 1. The maximum atomic E-state index is 14.3. The highest BCUT2D eigenvalue weighted by atomic mass is 19.1. The molecule has 0 spiro atoms. The van der Waals surface area contributed by atoms with Gasteiger partial charge in [-0.05, 0) is 38.1 Å². The lowest BCUT2D eigenvalue weighted by Crippen LogP contribution is -2.29. The predicted octanol–water partition coefficient (Wildman–Crippen LogP) is 3.88. The Balaban J connectivity index is 2.01. The number of rotatable bonds is 5. The van der Waals surface area contributed by atoms with E-state index < -0.39 is 0 Å². The largest absolute Gasteiger partial charge is 0.368 e. The van der Waals surface area contributed by atoms with Crippen molar-refractivity contribution in [2.45, 2.75) is 19.9 Å². The molecule has 0 radical (unpaired) electrons. The summed E-state index contributed by atoms with van der Waals surface area (Å²) in [6.07, 6.45) is 0. The van der Waals surface area contributed by atoms with E-state index in [0.29, 0.717) is 11.6 Å². The van der Waals surface area contributed by atoms with E-state index >= 15 is 0 Å². The van der Waals surface area contributed by atoms with Crippen LogP contribution in [0, 0.1) is 5.82 Å². The van der Waals surface area contributed by atoms with E-state index in [9.17, 15) is 4.39 Å². The van der Waals surface area contributed by atoms with Crippen molar-refractivity contribution in [1.29, 1.82) is 0 Å². The van der Waals surface area contributed by atoms with E-state index in [2.05, 4.69) is 20.3 Å². The van der Waals surface area contributed by atoms with Crippen molar-refractivity contribution < 1.29 is 4.39 Å². The number of halogens is 1. The molecule has 7 heteroatoms. The fourth-order valence-corrected chi connectivity index (χ4v) is 2.46. The molecule has 0 atom stereocenters. The van der Waals surface area contributed by atoms with E-state index in [1.807, 2.05) is 44.2 Å². The van der Waals surface area contributed by atoms with Crippen LogP contribution in [0.4, 0.5) is 33.6 Å². The van der Waals surface area contributed by atoms with Gasteiger partial charge in [-0.1, -0.05) is 30.3 Å². The maximum absolute atomic E-state index is 14.3. The quantitative estimate of drug-likeness (QED) is 0.735.